The number of ether oxygens (including phenoxy) is 3. The highest BCUT2D eigenvalue weighted by Crippen LogP contribution is 2.38. The lowest BCUT2D eigenvalue weighted by Crippen LogP contribution is -2.47. The standard InChI is InChI=1S/C24H30ClN3O5.C2HF3O2/c1-31-20-14-18(15-21(32-2)23(20)33-3)24(30)28(16-17-5-4-6-19(25)13-17)10-7-22(29)27-11-8-26-9-12-27;3-2(4,5)1(6)7/h4-6,13-15,26H,7-12,16H2,1-3H3;(H,6,7). The Morgan fingerprint density at radius 3 is 2.08 bits per heavy atom. The number of nitrogens with zero attached hydrogens (tertiary/aromatic N) is 2. The average molecular weight is 590 g/mol. The third-order valence-electron chi connectivity index (χ3n) is 5.77. The van der Waals surface area contributed by atoms with Gasteiger partial charge in [-0.2, -0.15) is 13.2 Å². The van der Waals surface area contributed by atoms with Gasteiger partial charge in [-0.15, -0.1) is 0 Å². The van der Waals surface area contributed by atoms with Crippen LogP contribution in [0.5, 0.6) is 17.2 Å². The fourth-order valence-corrected chi connectivity index (χ4v) is 4.01. The summed E-state index contributed by atoms with van der Waals surface area (Å²) in [4.78, 5) is 38.7. The van der Waals surface area contributed by atoms with E-state index in [4.69, 9.17) is 35.7 Å². The lowest BCUT2D eigenvalue weighted by atomic mass is 10.1. The first kappa shape index (κ1) is 32.5. The number of benzene rings is 2. The van der Waals surface area contributed by atoms with Crippen molar-refractivity contribution in [3.8, 4) is 17.2 Å². The SMILES string of the molecule is COc1cc(C(=O)N(CCC(=O)N2CCNCC2)Cc2cccc(Cl)c2)cc(OC)c1OC.O=C(O)C(F)(F)F. The second-order valence-electron chi connectivity index (χ2n) is 8.45. The van der Waals surface area contributed by atoms with Crippen LogP contribution >= 0.6 is 11.6 Å². The molecule has 2 N–H and O–H groups in total. The number of carboxylic acid groups (broad SMARTS) is 1. The van der Waals surface area contributed by atoms with Crippen LogP contribution in [-0.4, -0.2) is 92.9 Å². The first-order valence-electron chi connectivity index (χ1n) is 12.0. The van der Waals surface area contributed by atoms with Crippen LogP contribution in [0.15, 0.2) is 36.4 Å². The molecule has 1 aliphatic heterocycles. The van der Waals surface area contributed by atoms with Crippen molar-refractivity contribution in [1.82, 2.24) is 15.1 Å². The summed E-state index contributed by atoms with van der Waals surface area (Å²) in [6.45, 7) is 3.49. The van der Waals surface area contributed by atoms with E-state index >= 15 is 0 Å². The Kier molecular flexibility index (Phi) is 12.3. The molecule has 2 amide bonds. The molecule has 1 saturated heterocycles. The normalized spacial score (nSPS) is 13.0. The quantitative estimate of drug-likeness (QED) is 0.457. The van der Waals surface area contributed by atoms with Crippen LogP contribution in [0.3, 0.4) is 0 Å². The van der Waals surface area contributed by atoms with E-state index in [1.54, 1.807) is 23.1 Å². The first-order chi connectivity index (χ1) is 18.9. The number of aliphatic carboxylic acids is 1. The molecule has 0 atom stereocenters. The zero-order chi connectivity index (χ0) is 29.9. The minimum Gasteiger partial charge on any atom is -0.493 e. The molecule has 0 aromatic heterocycles. The summed E-state index contributed by atoms with van der Waals surface area (Å²) in [6.07, 6.45) is -4.85. The predicted molar refractivity (Wildman–Crippen MR) is 140 cm³/mol. The van der Waals surface area contributed by atoms with E-state index < -0.39 is 12.1 Å². The van der Waals surface area contributed by atoms with E-state index in [9.17, 15) is 22.8 Å². The van der Waals surface area contributed by atoms with Crippen LogP contribution in [0.2, 0.25) is 5.02 Å². The number of carbonyl (C=O) groups is 3. The molecular formula is C26H31ClF3N3O7. The van der Waals surface area contributed by atoms with Gasteiger partial charge in [-0.05, 0) is 29.8 Å². The number of piperazine rings is 1. The molecule has 14 heteroatoms. The van der Waals surface area contributed by atoms with Crippen molar-refractivity contribution in [2.75, 3.05) is 54.1 Å². The number of alkyl halides is 3. The summed E-state index contributed by atoms with van der Waals surface area (Å²) in [5.41, 5.74) is 1.25. The third kappa shape index (κ3) is 9.49. The van der Waals surface area contributed by atoms with Gasteiger partial charge in [0.1, 0.15) is 0 Å². The van der Waals surface area contributed by atoms with Gasteiger partial charge >= 0.3 is 12.1 Å². The molecule has 2 aromatic carbocycles. The molecule has 2 aromatic rings. The predicted octanol–water partition coefficient (Wildman–Crippen LogP) is 3.46. The minimum absolute atomic E-state index is 0.0327. The fourth-order valence-electron chi connectivity index (χ4n) is 3.80. The van der Waals surface area contributed by atoms with Crippen LogP contribution < -0.4 is 19.5 Å². The molecule has 10 nitrogen and oxygen atoms in total. The molecule has 0 saturated carbocycles. The first-order valence-corrected chi connectivity index (χ1v) is 12.4. The summed E-state index contributed by atoms with van der Waals surface area (Å²) < 4.78 is 47.9. The number of nitrogens with one attached hydrogen (secondary N) is 1. The molecule has 1 heterocycles. The van der Waals surface area contributed by atoms with E-state index in [0.717, 1.165) is 18.7 Å². The Labute approximate surface area is 234 Å². The zero-order valence-corrected chi connectivity index (χ0v) is 23.0. The van der Waals surface area contributed by atoms with Crippen LogP contribution in [0.4, 0.5) is 13.2 Å². The fraction of sp³-hybridized carbons (Fsp3) is 0.423. The van der Waals surface area contributed by atoms with Crippen molar-refractivity contribution >= 4 is 29.4 Å². The maximum atomic E-state index is 13.6. The number of hydrogen-bond donors (Lipinski definition) is 2. The lowest BCUT2D eigenvalue weighted by Gasteiger charge is -2.29. The number of hydrogen-bond acceptors (Lipinski definition) is 7. The Bertz CT molecular complexity index is 1150. The van der Waals surface area contributed by atoms with E-state index in [1.165, 1.54) is 21.3 Å². The largest absolute Gasteiger partial charge is 0.493 e. The van der Waals surface area contributed by atoms with Crippen molar-refractivity contribution in [3.05, 3.63) is 52.5 Å². The van der Waals surface area contributed by atoms with Crippen LogP contribution in [0, 0.1) is 0 Å². The molecule has 1 aliphatic rings. The van der Waals surface area contributed by atoms with Gasteiger partial charge in [0.05, 0.1) is 21.3 Å². The third-order valence-corrected chi connectivity index (χ3v) is 6.00. The van der Waals surface area contributed by atoms with Gasteiger partial charge in [0.25, 0.3) is 5.91 Å². The molecule has 1 fully saturated rings. The van der Waals surface area contributed by atoms with Crippen LogP contribution in [0.1, 0.15) is 22.3 Å². The molecule has 0 radical (unpaired) electrons. The van der Waals surface area contributed by atoms with Gasteiger partial charge in [0.2, 0.25) is 11.7 Å². The van der Waals surface area contributed by atoms with Crippen LogP contribution in [0.25, 0.3) is 0 Å². The molecule has 0 bridgehead atoms. The number of rotatable bonds is 9. The van der Waals surface area contributed by atoms with Gasteiger partial charge < -0.3 is 34.4 Å². The number of halogens is 4. The zero-order valence-electron chi connectivity index (χ0n) is 22.2. The Balaban J connectivity index is 0.000000708. The van der Waals surface area contributed by atoms with Crippen LogP contribution in [-0.2, 0) is 16.1 Å². The lowest BCUT2D eigenvalue weighted by molar-refractivity contribution is -0.192. The van der Waals surface area contributed by atoms with Gasteiger partial charge in [-0.3, -0.25) is 9.59 Å². The summed E-state index contributed by atoms with van der Waals surface area (Å²) in [5, 5.41) is 11.0. The van der Waals surface area contributed by atoms with Crippen molar-refractivity contribution in [2.24, 2.45) is 0 Å². The van der Waals surface area contributed by atoms with E-state index in [2.05, 4.69) is 5.32 Å². The summed E-state index contributed by atoms with van der Waals surface area (Å²) in [5.74, 6) is -1.79. The average Bonchev–Trinajstić information content (AvgIpc) is 2.94. The topological polar surface area (TPSA) is 118 Å². The molecule has 220 valence electrons. The Hall–Kier alpha value is -3.71. The number of methoxy groups -OCH3 is 3. The summed E-state index contributed by atoms with van der Waals surface area (Å²) in [7, 11) is 4.51. The Morgan fingerprint density at radius 2 is 1.60 bits per heavy atom. The van der Waals surface area contributed by atoms with Gasteiger partial charge in [0.15, 0.2) is 11.5 Å². The highest BCUT2D eigenvalue weighted by atomic mass is 35.5. The van der Waals surface area contributed by atoms with Crippen molar-refractivity contribution in [3.63, 3.8) is 0 Å². The minimum atomic E-state index is -5.08. The molecule has 0 spiro atoms. The molecule has 40 heavy (non-hydrogen) atoms. The number of carboxylic acids is 1. The number of carbonyl (C=O) groups excluding carboxylic acids is 2. The molecule has 0 aliphatic carbocycles. The van der Waals surface area contributed by atoms with E-state index in [-0.39, 0.29) is 24.8 Å². The van der Waals surface area contributed by atoms with Crippen molar-refractivity contribution in [2.45, 2.75) is 19.1 Å². The highest BCUT2D eigenvalue weighted by Gasteiger charge is 2.38. The smallest absolute Gasteiger partial charge is 0.490 e. The molecule has 3 rings (SSSR count). The summed E-state index contributed by atoms with van der Waals surface area (Å²) >= 11 is 6.15. The Morgan fingerprint density at radius 1 is 1.02 bits per heavy atom. The van der Waals surface area contributed by atoms with Gasteiger partial charge in [-0.1, -0.05) is 23.7 Å². The molecular weight excluding hydrogens is 559 g/mol. The van der Waals surface area contributed by atoms with Gasteiger partial charge in [0, 0.05) is 56.3 Å². The monoisotopic (exact) mass is 589 g/mol. The van der Waals surface area contributed by atoms with Gasteiger partial charge in [-0.25, -0.2) is 4.79 Å². The second kappa shape index (κ2) is 15.2. The number of amides is 2. The second-order valence-corrected chi connectivity index (χ2v) is 8.89. The van der Waals surface area contributed by atoms with E-state index in [1.807, 2.05) is 23.1 Å². The van der Waals surface area contributed by atoms with Crippen molar-refractivity contribution in [1.29, 1.82) is 0 Å². The molecule has 0 unspecified atom stereocenters. The highest BCUT2D eigenvalue weighted by molar-refractivity contribution is 6.30. The van der Waals surface area contributed by atoms with Crippen molar-refractivity contribution < 1.29 is 46.9 Å². The maximum Gasteiger partial charge on any atom is 0.490 e. The van der Waals surface area contributed by atoms with E-state index in [0.29, 0.717) is 47.5 Å². The maximum absolute atomic E-state index is 13.6. The summed E-state index contributed by atoms with van der Waals surface area (Å²) in [6, 6.07) is 10.6.